The van der Waals surface area contributed by atoms with E-state index in [1.165, 1.54) is 11.3 Å². The van der Waals surface area contributed by atoms with Gasteiger partial charge in [-0.3, -0.25) is 0 Å². The maximum absolute atomic E-state index is 11.9. The zero-order valence-corrected chi connectivity index (χ0v) is 13.7. The quantitative estimate of drug-likeness (QED) is 0.752. The predicted octanol–water partition coefficient (Wildman–Crippen LogP) is 2.44. The van der Waals surface area contributed by atoms with Crippen LogP contribution in [-0.2, 0) is 10.2 Å². The summed E-state index contributed by atoms with van der Waals surface area (Å²) in [5.41, 5.74) is 7.34. The maximum atomic E-state index is 11.9. The van der Waals surface area contributed by atoms with E-state index >= 15 is 0 Å². The Balaban J connectivity index is 2.18. The Labute approximate surface area is 128 Å². The predicted molar refractivity (Wildman–Crippen MR) is 87.4 cm³/mol. The smallest absolute Gasteiger partial charge is 0.301 e. The fourth-order valence-corrected chi connectivity index (χ4v) is 3.91. The minimum Gasteiger partial charge on any atom is -0.399 e. The minimum atomic E-state index is -3.65. The molecule has 0 unspecified atom stereocenters. The minimum absolute atomic E-state index is 0.309. The number of nitrogens with one attached hydrogen (secondary N) is 2. The number of aromatic nitrogens is 1. The van der Waals surface area contributed by atoms with Gasteiger partial charge in [-0.25, -0.2) is 9.71 Å². The molecule has 0 aliphatic carbocycles. The molecule has 0 amide bonds. The Hall–Kier alpha value is -1.64. The molecule has 8 heteroatoms. The zero-order valence-electron chi connectivity index (χ0n) is 12.0. The van der Waals surface area contributed by atoms with E-state index < -0.39 is 15.7 Å². The summed E-state index contributed by atoms with van der Waals surface area (Å²) < 4.78 is 28.8. The number of hydrogen-bond acceptors (Lipinski definition) is 5. The zero-order chi connectivity index (χ0) is 15.7. The van der Waals surface area contributed by atoms with Crippen LogP contribution in [0, 0.1) is 0 Å². The summed E-state index contributed by atoms with van der Waals surface area (Å²) in [6, 6.07) is 7.28. The van der Waals surface area contributed by atoms with E-state index in [0.29, 0.717) is 16.5 Å². The normalized spacial score (nSPS) is 12.3. The number of nitrogen functional groups attached to an aromatic ring is 1. The monoisotopic (exact) mass is 326 g/mol. The number of nitrogens with two attached hydrogens (primary N) is 1. The van der Waals surface area contributed by atoms with E-state index in [2.05, 4.69) is 14.4 Å². The number of benzene rings is 1. The van der Waals surface area contributed by atoms with Gasteiger partial charge in [0.05, 0.1) is 5.69 Å². The van der Waals surface area contributed by atoms with E-state index in [4.69, 9.17) is 5.73 Å². The maximum Gasteiger partial charge on any atom is 0.301 e. The van der Waals surface area contributed by atoms with Crippen molar-refractivity contribution < 1.29 is 8.42 Å². The van der Waals surface area contributed by atoms with Gasteiger partial charge in [0.15, 0.2) is 5.13 Å². The lowest BCUT2D eigenvalue weighted by Crippen LogP contribution is -2.43. The van der Waals surface area contributed by atoms with Crippen molar-refractivity contribution in [3.05, 3.63) is 29.6 Å². The Morgan fingerprint density at radius 2 is 2.00 bits per heavy atom. The van der Waals surface area contributed by atoms with Crippen LogP contribution in [0.25, 0.3) is 11.3 Å². The summed E-state index contributed by atoms with van der Waals surface area (Å²) in [5.74, 6) is 0. The van der Waals surface area contributed by atoms with Crippen LogP contribution in [0.3, 0.4) is 0 Å². The first-order chi connectivity index (χ1) is 9.65. The molecule has 0 aliphatic heterocycles. The molecule has 2 rings (SSSR count). The van der Waals surface area contributed by atoms with Gasteiger partial charge in [-0.15, -0.1) is 11.3 Å². The molecule has 0 fully saturated rings. The van der Waals surface area contributed by atoms with Crippen LogP contribution < -0.4 is 15.2 Å². The van der Waals surface area contributed by atoms with Crippen LogP contribution in [-0.4, -0.2) is 18.9 Å². The summed E-state index contributed by atoms with van der Waals surface area (Å²) >= 11 is 1.22. The highest BCUT2D eigenvalue weighted by Gasteiger charge is 2.20. The molecule has 6 nitrogen and oxygen atoms in total. The molecule has 0 atom stereocenters. The molecule has 21 heavy (non-hydrogen) atoms. The van der Waals surface area contributed by atoms with Crippen molar-refractivity contribution in [3.8, 4) is 11.3 Å². The third-order valence-electron chi connectivity index (χ3n) is 2.35. The van der Waals surface area contributed by atoms with Gasteiger partial charge >= 0.3 is 10.2 Å². The summed E-state index contributed by atoms with van der Waals surface area (Å²) in [4.78, 5) is 4.27. The summed E-state index contributed by atoms with van der Waals surface area (Å²) in [6.07, 6.45) is 0. The van der Waals surface area contributed by atoms with Gasteiger partial charge in [0.25, 0.3) is 0 Å². The van der Waals surface area contributed by atoms with Gasteiger partial charge in [0, 0.05) is 22.2 Å². The second kappa shape index (κ2) is 5.63. The van der Waals surface area contributed by atoms with Crippen molar-refractivity contribution in [2.24, 2.45) is 0 Å². The van der Waals surface area contributed by atoms with Crippen LogP contribution in [0.1, 0.15) is 20.8 Å². The van der Waals surface area contributed by atoms with E-state index in [1.807, 2.05) is 12.1 Å². The van der Waals surface area contributed by atoms with Crippen LogP contribution in [0.15, 0.2) is 29.6 Å². The van der Waals surface area contributed by atoms with Crippen molar-refractivity contribution in [1.82, 2.24) is 9.71 Å². The molecule has 1 aromatic carbocycles. The second-order valence-corrected chi connectivity index (χ2v) is 7.89. The van der Waals surface area contributed by atoms with Crippen LogP contribution in [0.5, 0.6) is 0 Å². The highest BCUT2D eigenvalue weighted by Crippen LogP contribution is 2.26. The molecule has 0 radical (unpaired) electrons. The van der Waals surface area contributed by atoms with E-state index in [-0.39, 0.29) is 0 Å². The van der Waals surface area contributed by atoms with Gasteiger partial charge in [-0.05, 0) is 32.9 Å². The standard InChI is InChI=1S/C13H18N4O2S2/c1-13(2,3)17-21(18,19)16-12-15-11(8-20-12)9-5-4-6-10(14)7-9/h4-8,17H,14H2,1-3H3,(H,15,16). The molecular formula is C13H18N4O2S2. The Kier molecular flexibility index (Phi) is 4.22. The summed E-state index contributed by atoms with van der Waals surface area (Å²) in [6.45, 7) is 5.31. The third kappa shape index (κ3) is 4.69. The highest BCUT2D eigenvalue weighted by molar-refractivity contribution is 7.91. The van der Waals surface area contributed by atoms with E-state index in [9.17, 15) is 8.42 Å². The molecule has 0 spiro atoms. The van der Waals surface area contributed by atoms with Crippen LogP contribution >= 0.6 is 11.3 Å². The average molecular weight is 326 g/mol. The summed E-state index contributed by atoms with van der Waals surface area (Å²) in [5, 5.41) is 2.09. The van der Waals surface area contributed by atoms with Gasteiger partial charge in [-0.2, -0.15) is 13.1 Å². The largest absolute Gasteiger partial charge is 0.399 e. The molecule has 2 aromatic rings. The molecule has 114 valence electrons. The molecule has 0 saturated carbocycles. The number of nitrogens with zero attached hydrogens (tertiary/aromatic N) is 1. The first kappa shape index (κ1) is 15.7. The first-order valence-corrected chi connectivity index (χ1v) is 8.64. The fourth-order valence-electron chi connectivity index (χ4n) is 1.69. The lowest BCUT2D eigenvalue weighted by Gasteiger charge is -2.20. The van der Waals surface area contributed by atoms with Crippen LogP contribution in [0.4, 0.5) is 10.8 Å². The Morgan fingerprint density at radius 3 is 2.62 bits per heavy atom. The number of thiazole rings is 1. The van der Waals surface area contributed by atoms with Crippen molar-refractivity contribution in [3.63, 3.8) is 0 Å². The molecule has 4 N–H and O–H groups in total. The molecule has 0 aliphatic rings. The fraction of sp³-hybridized carbons (Fsp3) is 0.308. The van der Waals surface area contributed by atoms with Crippen molar-refractivity contribution in [1.29, 1.82) is 0 Å². The van der Waals surface area contributed by atoms with Crippen molar-refractivity contribution >= 4 is 32.4 Å². The van der Waals surface area contributed by atoms with Crippen LogP contribution in [0.2, 0.25) is 0 Å². The van der Waals surface area contributed by atoms with Gasteiger partial charge in [-0.1, -0.05) is 12.1 Å². The highest BCUT2D eigenvalue weighted by atomic mass is 32.2. The molecule has 1 aromatic heterocycles. The molecule has 0 saturated heterocycles. The Morgan fingerprint density at radius 1 is 1.29 bits per heavy atom. The van der Waals surface area contributed by atoms with Crippen molar-refractivity contribution in [2.45, 2.75) is 26.3 Å². The van der Waals surface area contributed by atoms with Gasteiger partial charge in [0.1, 0.15) is 0 Å². The van der Waals surface area contributed by atoms with E-state index in [0.717, 1.165) is 5.56 Å². The van der Waals surface area contributed by atoms with Gasteiger partial charge < -0.3 is 5.73 Å². The Bertz CT molecular complexity index is 733. The molecular weight excluding hydrogens is 308 g/mol. The molecule has 0 bridgehead atoms. The molecule has 1 heterocycles. The van der Waals surface area contributed by atoms with E-state index in [1.54, 1.807) is 38.3 Å². The average Bonchev–Trinajstić information content (AvgIpc) is 2.73. The third-order valence-corrected chi connectivity index (χ3v) is 4.58. The topological polar surface area (TPSA) is 97.1 Å². The number of rotatable bonds is 4. The second-order valence-electron chi connectivity index (χ2n) is 5.62. The SMILES string of the molecule is CC(C)(C)NS(=O)(=O)Nc1nc(-c2cccc(N)c2)cs1. The first-order valence-electron chi connectivity index (χ1n) is 6.28. The lowest BCUT2D eigenvalue weighted by atomic mass is 10.1. The number of hydrogen-bond donors (Lipinski definition) is 3. The van der Waals surface area contributed by atoms with Gasteiger partial charge in [0.2, 0.25) is 0 Å². The number of anilines is 2. The summed E-state index contributed by atoms with van der Waals surface area (Å²) in [7, 11) is -3.65. The van der Waals surface area contributed by atoms with Crippen molar-refractivity contribution in [2.75, 3.05) is 10.5 Å². The lowest BCUT2D eigenvalue weighted by molar-refractivity contribution is 0.494.